The largest absolute Gasteiger partial charge is 0.490 e. The highest BCUT2D eigenvalue weighted by Gasteiger charge is 2.38. The van der Waals surface area contributed by atoms with Gasteiger partial charge in [-0.3, -0.25) is 0 Å². The molecule has 10 nitrogen and oxygen atoms in total. The lowest BCUT2D eigenvalue weighted by Gasteiger charge is -2.22. The van der Waals surface area contributed by atoms with Gasteiger partial charge in [0, 0.05) is 24.5 Å². The lowest BCUT2D eigenvalue weighted by atomic mass is 10.1. The number of hydrogen-bond acceptors (Lipinski definition) is 8. The van der Waals surface area contributed by atoms with E-state index < -0.39 is 24.2 Å². The average molecular weight is 541 g/mol. The molecule has 5 rings (SSSR count). The van der Waals surface area contributed by atoms with Crippen molar-refractivity contribution < 1.29 is 33.0 Å². The molecule has 1 saturated carbocycles. The Hall–Kier alpha value is -4.73. The molecular formula is C26H23F3N6O4. The van der Waals surface area contributed by atoms with Crippen molar-refractivity contribution in [2.45, 2.75) is 43.8 Å². The van der Waals surface area contributed by atoms with E-state index in [2.05, 4.69) is 27.4 Å². The third-order valence-electron chi connectivity index (χ3n) is 6.16. The van der Waals surface area contributed by atoms with Gasteiger partial charge in [-0.15, -0.1) is 0 Å². The summed E-state index contributed by atoms with van der Waals surface area (Å²) in [7, 11) is 0. The third-order valence-corrected chi connectivity index (χ3v) is 6.16. The Labute approximate surface area is 220 Å². The quantitative estimate of drug-likeness (QED) is 0.400. The summed E-state index contributed by atoms with van der Waals surface area (Å²) >= 11 is 0. The van der Waals surface area contributed by atoms with Crippen molar-refractivity contribution in [2.75, 3.05) is 16.8 Å². The molecule has 1 saturated heterocycles. The number of alkyl halides is 3. The van der Waals surface area contributed by atoms with Crippen molar-refractivity contribution in [1.82, 2.24) is 15.0 Å². The van der Waals surface area contributed by atoms with Gasteiger partial charge in [0.15, 0.2) is 0 Å². The zero-order valence-corrected chi connectivity index (χ0v) is 20.4. The van der Waals surface area contributed by atoms with E-state index in [0.29, 0.717) is 41.9 Å². The van der Waals surface area contributed by atoms with Crippen LogP contribution in [0, 0.1) is 11.3 Å². The molecule has 202 valence electrons. The summed E-state index contributed by atoms with van der Waals surface area (Å²) < 4.78 is 31.7. The van der Waals surface area contributed by atoms with Gasteiger partial charge >= 0.3 is 18.1 Å². The molecule has 3 aromatic heterocycles. The van der Waals surface area contributed by atoms with Crippen molar-refractivity contribution in [3.63, 3.8) is 0 Å². The molecule has 2 fully saturated rings. The SMILES string of the molecule is N#Cc1ccnc(Nc2cc(C3CC3)cc(-c3ccc(N4CCC[C@H]4C(=O)O)nc3)n2)c1.O=C(O)C(F)(F)F. The Morgan fingerprint density at radius 1 is 1.05 bits per heavy atom. The fourth-order valence-electron chi connectivity index (χ4n) is 4.12. The van der Waals surface area contributed by atoms with Crippen LogP contribution in [0.15, 0.2) is 48.8 Å². The van der Waals surface area contributed by atoms with E-state index in [1.54, 1.807) is 24.5 Å². The van der Waals surface area contributed by atoms with Crippen LogP contribution in [-0.2, 0) is 9.59 Å². The molecule has 0 radical (unpaired) electrons. The number of carbonyl (C=O) groups is 2. The summed E-state index contributed by atoms with van der Waals surface area (Å²) in [5.41, 5.74) is 3.40. The van der Waals surface area contributed by atoms with Crippen molar-refractivity contribution in [3.05, 3.63) is 59.9 Å². The van der Waals surface area contributed by atoms with E-state index in [9.17, 15) is 23.1 Å². The molecule has 0 amide bonds. The normalized spacial score (nSPS) is 16.6. The zero-order chi connectivity index (χ0) is 28.2. The van der Waals surface area contributed by atoms with Crippen LogP contribution in [0.3, 0.4) is 0 Å². The molecule has 0 spiro atoms. The Morgan fingerprint density at radius 2 is 1.79 bits per heavy atom. The van der Waals surface area contributed by atoms with Gasteiger partial charge in [0.2, 0.25) is 0 Å². The molecule has 0 aromatic carbocycles. The summed E-state index contributed by atoms with van der Waals surface area (Å²) in [6.45, 7) is 0.696. The molecule has 3 aromatic rings. The first kappa shape index (κ1) is 27.3. The van der Waals surface area contributed by atoms with Gasteiger partial charge in [-0.05, 0) is 73.6 Å². The molecule has 2 aliphatic rings. The van der Waals surface area contributed by atoms with Crippen molar-refractivity contribution in [3.8, 4) is 17.3 Å². The second kappa shape index (κ2) is 11.3. The number of rotatable bonds is 6. The van der Waals surface area contributed by atoms with Crippen molar-refractivity contribution in [1.29, 1.82) is 5.26 Å². The second-order valence-electron chi connectivity index (χ2n) is 9.01. The number of aliphatic carboxylic acids is 2. The van der Waals surface area contributed by atoms with Gasteiger partial charge in [-0.1, -0.05) is 0 Å². The van der Waals surface area contributed by atoms with E-state index in [4.69, 9.17) is 20.1 Å². The first-order valence-electron chi connectivity index (χ1n) is 12.0. The van der Waals surface area contributed by atoms with Gasteiger partial charge in [0.05, 0.1) is 17.3 Å². The first-order chi connectivity index (χ1) is 18.5. The topological polar surface area (TPSA) is 152 Å². The number of pyridine rings is 3. The predicted molar refractivity (Wildman–Crippen MR) is 133 cm³/mol. The number of aromatic nitrogens is 3. The van der Waals surface area contributed by atoms with Crippen LogP contribution in [0.1, 0.15) is 42.7 Å². The molecule has 39 heavy (non-hydrogen) atoms. The number of anilines is 3. The van der Waals surface area contributed by atoms with Gasteiger partial charge in [-0.25, -0.2) is 24.5 Å². The Bertz CT molecular complexity index is 1400. The number of carboxylic acids is 2. The highest BCUT2D eigenvalue weighted by atomic mass is 19.4. The number of halogens is 3. The smallest absolute Gasteiger partial charge is 0.480 e. The number of nitrogens with zero attached hydrogens (tertiary/aromatic N) is 5. The maximum absolute atomic E-state index is 11.5. The molecule has 13 heteroatoms. The Balaban J connectivity index is 0.000000448. The number of nitrogens with one attached hydrogen (secondary N) is 1. The fourth-order valence-corrected chi connectivity index (χ4v) is 4.12. The Kier molecular flexibility index (Phi) is 7.94. The Morgan fingerprint density at radius 3 is 2.38 bits per heavy atom. The minimum Gasteiger partial charge on any atom is -0.480 e. The van der Waals surface area contributed by atoms with E-state index in [1.807, 2.05) is 23.1 Å². The van der Waals surface area contributed by atoms with Crippen LogP contribution < -0.4 is 10.2 Å². The minimum atomic E-state index is -5.08. The van der Waals surface area contributed by atoms with Crippen molar-refractivity contribution >= 4 is 29.4 Å². The highest BCUT2D eigenvalue weighted by Crippen LogP contribution is 2.42. The summed E-state index contributed by atoms with van der Waals surface area (Å²) in [5.74, 6) is -1.12. The highest BCUT2D eigenvalue weighted by molar-refractivity contribution is 5.78. The molecule has 0 bridgehead atoms. The average Bonchev–Trinajstić information content (AvgIpc) is 3.64. The summed E-state index contributed by atoms with van der Waals surface area (Å²) in [4.78, 5) is 35.8. The predicted octanol–water partition coefficient (Wildman–Crippen LogP) is 4.72. The number of nitriles is 1. The van der Waals surface area contributed by atoms with E-state index in [0.717, 1.165) is 30.5 Å². The molecular weight excluding hydrogens is 517 g/mol. The van der Waals surface area contributed by atoms with E-state index >= 15 is 0 Å². The van der Waals surface area contributed by atoms with E-state index in [1.165, 1.54) is 5.56 Å². The summed E-state index contributed by atoms with van der Waals surface area (Å²) in [5, 5.41) is 28.9. The second-order valence-corrected chi connectivity index (χ2v) is 9.01. The minimum absolute atomic E-state index is 0.517. The molecule has 1 aliphatic heterocycles. The molecule has 1 atom stereocenters. The van der Waals surface area contributed by atoms with Gasteiger partial charge < -0.3 is 20.4 Å². The first-order valence-corrected chi connectivity index (χ1v) is 12.0. The maximum Gasteiger partial charge on any atom is 0.490 e. The third kappa shape index (κ3) is 6.98. The number of carboxylic acid groups (broad SMARTS) is 2. The van der Waals surface area contributed by atoms with Crippen molar-refractivity contribution in [2.24, 2.45) is 0 Å². The maximum atomic E-state index is 11.5. The van der Waals surface area contributed by atoms with Gasteiger partial charge in [0.1, 0.15) is 23.5 Å². The molecule has 0 unspecified atom stereocenters. The van der Waals surface area contributed by atoms with Crippen LogP contribution >= 0.6 is 0 Å². The molecule has 4 heterocycles. The summed E-state index contributed by atoms with van der Waals surface area (Å²) in [6, 6.07) is 12.9. The monoisotopic (exact) mass is 540 g/mol. The number of hydrogen-bond donors (Lipinski definition) is 3. The van der Waals surface area contributed by atoms with Gasteiger partial charge in [-0.2, -0.15) is 18.4 Å². The lowest BCUT2D eigenvalue weighted by Crippen LogP contribution is -2.36. The lowest BCUT2D eigenvalue weighted by molar-refractivity contribution is -0.192. The van der Waals surface area contributed by atoms with Crippen LogP contribution in [0.25, 0.3) is 11.3 Å². The van der Waals surface area contributed by atoms with Crippen LogP contribution in [0.4, 0.5) is 30.6 Å². The zero-order valence-electron chi connectivity index (χ0n) is 20.4. The molecule has 3 N–H and O–H groups in total. The van der Waals surface area contributed by atoms with Crippen LogP contribution in [-0.4, -0.2) is 55.9 Å². The van der Waals surface area contributed by atoms with Gasteiger partial charge in [0.25, 0.3) is 0 Å². The standard InChI is InChI=1S/C24H22N6O2.C2HF3O2/c25-13-15-7-8-26-21(10-15)29-22-12-18(16-3-4-16)11-19(28-22)17-5-6-23(27-14-17)30-9-1-2-20(30)24(31)32;3-2(4,5)1(6)7/h5-8,10-12,14,16,20H,1-4,9H2,(H,31,32)(H,26,28,29);(H,6,7)/t20-;/m0./s1. The fraction of sp³-hybridized carbons (Fsp3) is 0.308. The summed E-state index contributed by atoms with van der Waals surface area (Å²) in [6.07, 6.45) is 2.07. The van der Waals surface area contributed by atoms with E-state index in [-0.39, 0.29) is 0 Å². The molecule has 1 aliphatic carbocycles. The van der Waals surface area contributed by atoms with Crippen LogP contribution in [0.5, 0.6) is 0 Å². The van der Waals surface area contributed by atoms with Crippen LogP contribution in [0.2, 0.25) is 0 Å².